The Kier molecular flexibility index (Phi) is 8.71. The van der Waals surface area contributed by atoms with E-state index in [9.17, 15) is 0 Å². The van der Waals surface area contributed by atoms with Crippen LogP contribution in [0.15, 0.2) is 224 Å². The van der Waals surface area contributed by atoms with E-state index >= 15 is 0 Å². The first-order chi connectivity index (χ1) is 31.2. The molecule has 0 bridgehead atoms. The minimum Gasteiger partial charge on any atom is -0.453 e. The molecule has 0 saturated carbocycles. The fourth-order valence-electron chi connectivity index (χ4n) is 8.79. The molecule has 0 unspecified atom stereocenters. The highest BCUT2D eigenvalue weighted by molar-refractivity contribution is 6.10. The summed E-state index contributed by atoms with van der Waals surface area (Å²) in [6.07, 6.45) is 0. The molecule has 0 spiro atoms. The van der Waals surface area contributed by atoms with Crippen molar-refractivity contribution in [1.82, 2.24) is 19.5 Å². The van der Waals surface area contributed by atoms with Gasteiger partial charge in [-0.3, -0.25) is 4.57 Å². The smallest absolute Gasteiger partial charge is 0.238 e. The molecule has 0 radical (unpaired) electrons. The number of para-hydroxylation sites is 3. The van der Waals surface area contributed by atoms with Gasteiger partial charge in [0.05, 0.1) is 22.4 Å². The highest BCUT2D eigenvalue weighted by Gasteiger charge is 2.27. The number of nitrogens with zero attached hydrogens (tertiary/aromatic N) is 5. The zero-order chi connectivity index (χ0) is 41.7. The maximum Gasteiger partial charge on any atom is 0.238 e. The van der Waals surface area contributed by atoms with Crippen LogP contribution in [0.5, 0.6) is 11.5 Å². The van der Waals surface area contributed by atoms with Crippen LogP contribution in [0.4, 0.5) is 17.1 Å². The lowest BCUT2D eigenvalue weighted by atomic mass is 10.0. The average Bonchev–Trinajstić information content (AvgIpc) is 3.70. The van der Waals surface area contributed by atoms with Crippen LogP contribution >= 0.6 is 0 Å². The highest BCUT2D eigenvalue weighted by atomic mass is 16.5. The van der Waals surface area contributed by atoms with Crippen LogP contribution in [0.25, 0.3) is 83.9 Å². The van der Waals surface area contributed by atoms with Gasteiger partial charge in [-0.1, -0.05) is 170 Å². The summed E-state index contributed by atoms with van der Waals surface area (Å²) in [6, 6.07) is 78.0. The Balaban J connectivity index is 0.965. The molecule has 2 aromatic heterocycles. The lowest BCUT2D eigenvalue weighted by Crippen LogP contribution is -2.15. The molecule has 9 aromatic carbocycles. The van der Waals surface area contributed by atoms with Crippen molar-refractivity contribution in [2.24, 2.45) is 0 Å². The molecule has 0 amide bonds. The van der Waals surface area contributed by atoms with Crippen molar-refractivity contribution < 1.29 is 4.74 Å². The minimum atomic E-state index is 0.558. The van der Waals surface area contributed by atoms with Gasteiger partial charge in [0.1, 0.15) is 0 Å². The molecule has 1 aliphatic rings. The summed E-state index contributed by atoms with van der Waals surface area (Å²) in [5, 5.41) is 2.21. The highest BCUT2D eigenvalue weighted by Crippen LogP contribution is 2.52. The van der Waals surface area contributed by atoms with Crippen LogP contribution in [0.3, 0.4) is 0 Å². The summed E-state index contributed by atoms with van der Waals surface area (Å²) < 4.78 is 8.85. The molecule has 63 heavy (non-hydrogen) atoms. The fraction of sp³-hybridized carbons (Fsp3) is 0. The number of hydrogen-bond acceptors (Lipinski definition) is 5. The van der Waals surface area contributed by atoms with Crippen LogP contribution in [-0.2, 0) is 0 Å². The predicted molar refractivity (Wildman–Crippen MR) is 256 cm³/mol. The maximum atomic E-state index is 6.68. The van der Waals surface area contributed by atoms with Gasteiger partial charge in [0.2, 0.25) is 5.95 Å². The van der Waals surface area contributed by atoms with E-state index in [0.717, 1.165) is 89.3 Å². The standard InChI is InChI=1S/C57H37N5O/c1-4-15-38(16-5-1)40-27-29-42(30-28-40)56-58-55(41-19-8-3-9-20-41)59-57(60-56)62-49-24-11-10-23-47(49)48-36-44(31-33-50(48)62)45-32-34-52-54(37-45)63-53-26-13-12-25-51(53)61(52)46-22-14-21-43(35-46)39-17-6-2-7-18-39/h1-37H. The molecule has 6 nitrogen and oxygen atoms in total. The molecule has 12 rings (SSSR count). The molecule has 0 N–H and O–H groups in total. The van der Waals surface area contributed by atoms with E-state index in [1.165, 1.54) is 5.56 Å². The third kappa shape index (κ3) is 6.49. The first kappa shape index (κ1) is 36.3. The number of ether oxygens (including phenoxy) is 1. The second-order valence-electron chi connectivity index (χ2n) is 15.7. The van der Waals surface area contributed by atoms with E-state index < -0.39 is 0 Å². The Bertz CT molecular complexity index is 3480. The van der Waals surface area contributed by atoms with E-state index in [1.807, 2.05) is 48.5 Å². The first-order valence-corrected chi connectivity index (χ1v) is 21.1. The van der Waals surface area contributed by atoms with Gasteiger partial charge in [-0.2, -0.15) is 9.97 Å². The summed E-state index contributed by atoms with van der Waals surface area (Å²) in [4.78, 5) is 17.7. The summed E-state index contributed by atoms with van der Waals surface area (Å²) in [6.45, 7) is 0. The number of aromatic nitrogens is 4. The lowest BCUT2D eigenvalue weighted by Gasteiger charge is -2.33. The summed E-state index contributed by atoms with van der Waals surface area (Å²) in [5.41, 5.74) is 13.7. The Hall–Kier alpha value is -8.61. The van der Waals surface area contributed by atoms with Gasteiger partial charge < -0.3 is 9.64 Å². The van der Waals surface area contributed by atoms with Crippen molar-refractivity contribution >= 4 is 38.9 Å². The molecule has 296 valence electrons. The number of benzene rings is 9. The maximum absolute atomic E-state index is 6.68. The van der Waals surface area contributed by atoms with Crippen molar-refractivity contribution in [2.75, 3.05) is 4.90 Å². The number of rotatable bonds is 7. The predicted octanol–water partition coefficient (Wildman–Crippen LogP) is 14.9. The molecule has 1 aliphatic heterocycles. The first-order valence-electron chi connectivity index (χ1n) is 21.1. The van der Waals surface area contributed by atoms with Crippen molar-refractivity contribution in [1.29, 1.82) is 0 Å². The average molecular weight is 808 g/mol. The largest absolute Gasteiger partial charge is 0.453 e. The monoisotopic (exact) mass is 807 g/mol. The Morgan fingerprint density at radius 3 is 1.59 bits per heavy atom. The van der Waals surface area contributed by atoms with Crippen molar-refractivity contribution in [3.63, 3.8) is 0 Å². The number of hydrogen-bond donors (Lipinski definition) is 0. The van der Waals surface area contributed by atoms with Crippen LogP contribution in [0.1, 0.15) is 0 Å². The normalized spacial score (nSPS) is 11.9. The molecular weight excluding hydrogens is 771 g/mol. The van der Waals surface area contributed by atoms with E-state index in [4.69, 9.17) is 19.7 Å². The van der Waals surface area contributed by atoms with Crippen LogP contribution in [0, 0.1) is 0 Å². The summed E-state index contributed by atoms with van der Waals surface area (Å²) >= 11 is 0. The van der Waals surface area contributed by atoms with E-state index in [-0.39, 0.29) is 0 Å². The fourth-order valence-corrected chi connectivity index (χ4v) is 8.79. The molecule has 0 saturated heterocycles. The summed E-state index contributed by atoms with van der Waals surface area (Å²) in [7, 11) is 0. The van der Waals surface area contributed by atoms with Gasteiger partial charge >= 0.3 is 0 Å². The lowest BCUT2D eigenvalue weighted by molar-refractivity contribution is 0.477. The van der Waals surface area contributed by atoms with Gasteiger partial charge in [0.15, 0.2) is 23.1 Å². The molecule has 0 fully saturated rings. The van der Waals surface area contributed by atoms with Crippen molar-refractivity contribution in [2.45, 2.75) is 0 Å². The van der Waals surface area contributed by atoms with Crippen LogP contribution in [-0.4, -0.2) is 19.5 Å². The van der Waals surface area contributed by atoms with Crippen molar-refractivity contribution in [3.05, 3.63) is 224 Å². The van der Waals surface area contributed by atoms with Gasteiger partial charge in [0.25, 0.3) is 0 Å². The summed E-state index contributed by atoms with van der Waals surface area (Å²) in [5.74, 6) is 3.38. The minimum absolute atomic E-state index is 0.558. The molecule has 3 heterocycles. The molecular formula is C57H37N5O. The molecule has 6 heteroatoms. The zero-order valence-corrected chi connectivity index (χ0v) is 34.0. The van der Waals surface area contributed by atoms with Crippen LogP contribution < -0.4 is 9.64 Å². The Morgan fingerprint density at radius 1 is 0.317 bits per heavy atom. The van der Waals surface area contributed by atoms with Crippen LogP contribution in [0.2, 0.25) is 0 Å². The second-order valence-corrected chi connectivity index (χ2v) is 15.7. The quantitative estimate of drug-likeness (QED) is 0.161. The molecule has 0 atom stereocenters. The molecule has 0 aliphatic carbocycles. The van der Waals surface area contributed by atoms with E-state index in [0.29, 0.717) is 17.6 Å². The van der Waals surface area contributed by atoms with Gasteiger partial charge in [-0.15, -0.1) is 0 Å². The Labute approximate surface area is 364 Å². The van der Waals surface area contributed by atoms with Crippen molar-refractivity contribution in [3.8, 4) is 73.6 Å². The van der Waals surface area contributed by atoms with E-state index in [2.05, 4.69) is 185 Å². The van der Waals surface area contributed by atoms with E-state index in [1.54, 1.807) is 0 Å². The van der Waals surface area contributed by atoms with Gasteiger partial charge in [-0.25, -0.2) is 4.98 Å². The Morgan fingerprint density at radius 2 is 0.825 bits per heavy atom. The second kappa shape index (κ2) is 15.1. The zero-order valence-electron chi connectivity index (χ0n) is 34.0. The third-order valence-corrected chi connectivity index (χ3v) is 11.8. The van der Waals surface area contributed by atoms with Gasteiger partial charge in [0, 0.05) is 27.6 Å². The topological polar surface area (TPSA) is 56.1 Å². The SMILES string of the molecule is c1ccc(-c2ccc(-c3nc(-c4ccccc4)nc(-n4c5ccccc5c5cc(-c6ccc7c(c6)Oc6ccccc6N7c6cccc(-c7ccccc7)c6)ccc54)n3)cc2)cc1. The number of anilines is 3. The third-order valence-electron chi connectivity index (χ3n) is 11.8. The molecule has 11 aromatic rings. The number of fused-ring (bicyclic) bond motifs is 5. The van der Waals surface area contributed by atoms with Gasteiger partial charge in [-0.05, 0) is 88.0 Å².